The van der Waals surface area contributed by atoms with Gasteiger partial charge in [-0.3, -0.25) is 4.98 Å². The van der Waals surface area contributed by atoms with Gasteiger partial charge in [0.2, 0.25) is 0 Å². The second-order valence-electron chi connectivity index (χ2n) is 5.59. The normalized spacial score (nSPS) is 25.8. The summed E-state index contributed by atoms with van der Waals surface area (Å²) in [4.78, 5) is 7.47. The number of nitrogens with two attached hydrogens (primary N) is 1. The largest absolute Gasteiger partial charge is 0.389 e. The molecule has 1 aliphatic heterocycles. The molecule has 0 spiro atoms. The van der Waals surface area contributed by atoms with E-state index < -0.39 is 0 Å². The molecule has 1 saturated carbocycles. The van der Waals surface area contributed by atoms with Gasteiger partial charge in [0.25, 0.3) is 0 Å². The summed E-state index contributed by atoms with van der Waals surface area (Å²) in [5.74, 6) is 0.864. The van der Waals surface area contributed by atoms with Crippen molar-refractivity contribution in [2.75, 3.05) is 11.4 Å². The van der Waals surface area contributed by atoms with E-state index in [0.717, 1.165) is 29.4 Å². The number of aryl methyl sites for hydroxylation is 2. The minimum absolute atomic E-state index is 0.470. The lowest BCUT2D eigenvalue weighted by Gasteiger charge is -2.31. The fraction of sp³-hybridized carbons (Fsp3) is 0.571. The highest BCUT2D eigenvalue weighted by Gasteiger charge is 2.39. The van der Waals surface area contributed by atoms with Crippen LogP contribution in [-0.2, 0) is 0 Å². The van der Waals surface area contributed by atoms with Gasteiger partial charge in [-0.25, -0.2) is 0 Å². The first kappa shape index (κ1) is 11.9. The van der Waals surface area contributed by atoms with Gasteiger partial charge in [-0.15, -0.1) is 0 Å². The fourth-order valence-electron chi connectivity index (χ4n) is 3.56. The Labute approximate surface area is 113 Å². The minimum atomic E-state index is 0.470. The van der Waals surface area contributed by atoms with Crippen molar-refractivity contribution in [3.05, 3.63) is 23.0 Å². The van der Waals surface area contributed by atoms with E-state index in [-0.39, 0.29) is 0 Å². The molecular weight excluding hydrogens is 242 g/mol. The molecule has 2 bridgehead atoms. The number of anilines is 1. The van der Waals surface area contributed by atoms with Gasteiger partial charge in [0.15, 0.2) is 0 Å². The third kappa shape index (κ3) is 1.79. The average Bonchev–Trinajstić information content (AvgIpc) is 2.88. The quantitative estimate of drug-likeness (QED) is 0.830. The lowest BCUT2D eigenvalue weighted by Crippen LogP contribution is -2.34. The molecule has 2 atom stereocenters. The monoisotopic (exact) mass is 261 g/mol. The topological polar surface area (TPSA) is 42.1 Å². The van der Waals surface area contributed by atoms with Crippen LogP contribution >= 0.6 is 12.2 Å². The summed E-state index contributed by atoms with van der Waals surface area (Å²) in [7, 11) is 0. The fourth-order valence-corrected chi connectivity index (χ4v) is 3.81. The third-order valence-corrected chi connectivity index (χ3v) is 4.48. The van der Waals surface area contributed by atoms with Crippen molar-refractivity contribution in [2.45, 2.75) is 39.2 Å². The molecule has 3 nitrogen and oxygen atoms in total. The van der Waals surface area contributed by atoms with E-state index in [0.29, 0.717) is 11.0 Å². The van der Waals surface area contributed by atoms with Gasteiger partial charge >= 0.3 is 0 Å². The molecule has 2 fully saturated rings. The van der Waals surface area contributed by atoms with E-state index in [2.05, 4.69) is 16.0 Å². The van der Waals surface area contributed by atoms with Crippen LogP contribution in [0.2, 0.25) is 0 Å². The van der Waals surface area contributed by atoms with Crippen LogP contribution in [-0.4, -0.2) is 22.6 Å². The first-order chi connectivity index (χ1) is 8.56. The number of hydrogen-bond acceptors (Lipinski definition) is 3. The van der Waals surface area contributed by atoms with E-state index in [1.807, 2.05) is 13.8 Å². The van der Waals surface area contributed by atoms with Crippen molar-refractivity contribution < 1.29 is 0 Å². The molecule has 2 aliphatic rings. The Bertz CT molecular complexity index is 512. The maximum absolute atomic E-state index is 5.90. The van der Waals surface area contributed by atoms with E-state index in [1.165, 1.54) is 24.9 Å². The highest BCUT2D eigenvalue weighted by atomic mass is 32.1. The summed E-state index contributed by atoms with van der Waals surface area (Å²) >= 11 is 5.21. The molecule has 1 aromatic heterocycles. The second kappa shape index (κ2) is 4.19. The van der Waals surface area contributed by atoms with Crippen molar-refractivity contribution in [3.63, 3.8) is 0 Å². The third-order valence-electron chi connectivity index (χ3n) is 4.27. The number of nitrogens with zero attached hydrogens (tertiary/aromatic N) is 2. The number of hydrogen-bond donors (Lipinski definition) is 1. The van der Waals surface area contributed by atoms with Crippen LogP contribution < -0.4 is 10.6 Å². The van der Waals surface area contributed by atoms with Crippen molar-refractivity contribution in [1.29, 1.82) is 0 Å². The zero-order valence-corrected chi connectivity index (χ0v) is 11.8. The predicted octanol–water partition coefficient (Wildman–Crippen LogP) is 2.32. The first-order valence-corrected chi connectivity index (χ1v) is 7.01. The number of thiocarbonyl (C=S) groups is 1. The molecule has 2 N–H and O–H groups in total. The zero-order valence-electron chi connectivity index (χ0n) is 10.9. The maximum Gasteiger partial charge on any atom is 0.107 e. The molecule has 18 heavy (non-hydrogen) atoms. The van der Waals surface area contributed by atoms with Crippen molar-refractivity contribution >= 4 is 22.9 Å². The van der Waals surface area contributed by atoms with Crippen LogP contribution in [0.25, 0.3) is 0 Å². The van der Waals surface area contributed by atoms with E-state index in [1.54, 1.807) is 0 Å². The number of aromatic nitrogens is 1. The Morgan fingerprint density at radius 3 is 2.78 bits per heavy atom. The molecule has 2 unspecified atom stereocenters. The number of rotatable bonds is 2. The van der Waals surface area contributed by atoms with Gasteiger partial charge in [0, 0.05) is 24.0 Å². The molecule has 1 aromatic rings. The van der Waals surface area contributed by atoms with Crippen LogP contribution in [0.15, 0.2) is 6.07 Å². The standard InChI is InChI=1S/C14H19N3S/c1-8-5-12(13(14(15)18)9(2)16-8)17-7-10-3-4-11(17)6-10/h5,10-11H,3-4,6-7H2,1-2H3,(H2,15,18). The first-order valence-electron chi connectivity index (χ1n) is 6.61. The zero-order chi connectivity index (χ0) is 12.9. The molecule has 2 heterocycles. The van der Waals surface area contributed by atoms with Gasteiger partial charge in [-0.2, -0.15) is 0 Å². The van der Waals surface area contributed by atoms with Crippen molar-refractivity contribution in [2.24, 2.45) is 11.7 Å². The van der Waals surface area contributed by atoms with Crippen LogP contribution in [0, 0.1) is 19.8 Å². The Morgan fingerprint density at radius 1 is 1.44 bits per heavy atom. The minimum Gasteiger partial charge on any atom is -0.389 e. The lowest BCUT2D eigenvalue weighted by atomic mass is 10.1. The summed E-state index contributed by atoms with van der Waals surface area (Å²) in [5.41, 5.74) is 10.1. The molecule has 0 radical (unpaired) electrons. The van der Waals surface area contributed by atoms with Gasteiger partial charge in [0.05, 0.1) is 11.3 Å². The summed E-state index contributed by atoms with van der Waals surface area (Å²) < 4.78 is 0. The number of fused-ring (bicyclic) bond motifs is 2. The maximum atomic E-state index is 5.90. The summed E-state index contributed by atoms with van der Waals surface area (Å²) in [6.45, 7) is 5.19. The number of piperidine rings is 1. The Balaban J connectivity index is 2.08. The molecule has 0 aromatic carbocycles. The highest BCUT2D eigenvalue weighted by molar-refractivity contribution is 7.80. The van der Waals surface area contributed by atoms with E-state index in [4.69, 9.17) is 18.0 Å². The lowest BCUT2D eigenvalue weighted by molar-refractivity contribution is 0.553. The van der Waals surface area contributed by atoms with Crippen LogP contribution in [0.3, 0.4) is 0 Å². The van der Waals surface area contributed by atoms with Crippen LogP contribution in [0.5, 0.6) is 0 Å². The summed E-state index contributed by atoms with van der Waals surface area (Å²) in [5, 5.41) is 0. The molecule has 1 aliphatic carbocycles. The van der Waals surface area contributed by atoms with Gasteiger partial charge in [-0.05, 0) is 45.1 Å². The smallest absolute Gasteiger partial charge is 0.107 e. The Kier molecular flexibility index (Phi) is 2.77. The van der Waals surface area contributed by atoms with Gasteiger partial charge < -0.3 is 10.6 Å². The number of pyridine rings is 1. The van der Waals surface area contributed by atoms with E-state index >= 15 is 0 Å². The Morgan fingerprint density at radius 2 is 2.22 bits per heavy atom. The molecule has 4 heteroatoms. The Hall–Kier alpha value is -1.16. The summed E-state index contributed by atoms with van der Waals surface area (Å²) in [6, 6.07) is 2.83. The summed E-state index contributed by atoms with van der Waals surface area (Å²) in [6.07, 6.45) is 4.02. The molecule has 0 amide bonds. The van der Waals surface area contributed by atoms with Crippen molar-refractivity contribution in [3.8, 4) is 0 Å². The van der Waals surface area contributed by atoms with E-state index in [9.17, 15) is 0 Å². The SMILES string of the molecule is Cc1cc(N2CC3CCC2C3)c(C(N)=S)c(C)n1. The molecular formula is C14H19N3S. The highest BCUT2D eigenvalue weighted by Crippen LogP contribution is 2.41. The van der Waals surface area contributed by atoms with Crippen molar-refractivity contribution in [1.82, 2.24) is 4.98 Å². The second-order valence-corrected chi connectivity index (χ2v) is 6.03. The molecule has 1 saturated heterocycles. The van der Waals surface area contributed by atoms with Crippen LogP contribution in [0.4, 0.5) is 5.69 Å². The average molecular weight is 261 g/mol. The predicted molar refractivity (Wildman–Crippen MR) is 78.1 cm³/mol. The van der Waals surface area contributed by atoms with Crippen LogP contribution in [0.1, 0.15) is 36.2 Å². The molecule has 3 rings (SSSR count). The van der Waals surface area contributed by atoms with Gasteiger partial charge in [-0.1, -0.05) is 12.2 Å². The van der Waals surface area contributed by atoms with Gasteiger partial charge in [0.1, 0.15) is 4.99 Å². The molecule has 96 valence electrons.